The molecule has 0 aliphatic carbocycles. The lowest BCUT2D eigenvalue weighted by Gasteiger charge is -2.18. The number of aromatic nitrogens is 2. The highest BCUT2D eigenvalue weighted by molar-refractivity contribution is 7.93. The summed E-state index contributed by atoms with van der Waals surface area (Å²) in [6.07, 6.45) is -4.52. The Morgan fingerprint density at radius 1 is 1.29 bits per heavy atom. The molecule has 0 aliphatic heterocycles. The lowest BCUT2D eigenvalue weighted by Crippen LogP contribution is -2.27. The molecule has 0 amide bonds. The van der Waals surface area contributed by atoms with Crippen LogP contribution in [0.5, 0.6) is 0 Å². The van der Waals surface area contributed by atoms with E-state index in [1.54, 1.807) is 0 Å². The third-order valence-corrected chi connectivity index (χ3v) is 5.55. The van der Waals surface area contributed by atoms with Gasteiger partial charge in [0.2, 0.25) is 5.13 Å². The first kappa shape index (κ1) is 15.7. The first-order chi connectivity index (χ1) is 9.64. The van der Waals surface area contributed by atoms with Crippen molar-refractivity contribution >= 4 is 26.5 Å². The molecule has 0 bridgehead atoms. The van der Waals surface area contributed by atoms with Crippen LogP contribution in [0.3, 0.4) is 0 Å². The Hall–Kier alpha value is -1.68. The van der Waals surface area contributed by atoms with Gasteiger partial charge in [-0.05, 0) is 30.7 Å². The number of anilines is 1. The van der Waals surface area contributed by atoms with Gasteiger partial charge in [0.05, 0.1) is 10.5 Å². The van der Waals surface area contributed by atoms with E-state index in [1.807, 2.05) is 0 Å². The van der Waals surface area contributed by atoms with Crippen LogP contribution in [0.1, 0.15) is 11.1 Å². The molecule has 10 heteroatoms. The maximum Gasteiger partial charge on any atom is 0.416 e. The molecule has 0 fully saturated rings. The van der Waals surface area contributed by atoms with E-state index >= 15 is 0 Å². The van der Waals surface area contributed by atoms with E-state index in [1.165, 1.54) is 19.5 Å². The summed E-state index contributed by atoms with van der Waals surface area (Å²) in [5.74, 6) is 0. The van der Waals surface area contributed by atoms with Gasteiger partial charge < -0.3 is 0 Å². The van der Waals surface area contributed by atoms with E-state index in [2.05, 4.69) is 10.2 Å². The summed E-state index contributed by atoms with van der Waals surface area (Å²) >= 11 is 1.01. The predicted octanol–water partition coefficient (Wildman–Crippen LogP) is 2.69. The summed E-state index contributed by atoms with van der Waals surface area (Å²) < 4.78 is 63.5. The van der Waals surface area contributed by atoms with Gasteiger partial charge in [-0.15, -0.1) is 10.2 Å². The van der Waals surface area contributed by atoms with E-state index < -0.39 is 21.8 Å². The van der Waals surface area contributed by atoms with Gasteiger partial charge in [-0.3, -0.25) is 0 Å². The Morgan fingerprint density at radius 3 is 2.43 bits per heavy atom. The van der Waals surface area contributed by atoms with Gasteiger partial charge in [-0.2, -0.15) is 13.2 Å². The summed E-state index contributed by atoms with van der Waals surface area (Å²) in [4.78, 5) is -0.201. The Balaban J connectivity index is 2.46. The van der Waals surface area contributed by atoms with Crippen LogP contribution >= 0.6 is 11.3 Å². The van der Waals surface area contributed by atoms with Gasteiger partial charge in [-0.1, -0.05) is 11.3 Å². The van der Waals surface area contributed by atoms with Crippen molar-refractivity contribution in [1.29, 1.82) is 0 Å². The molecular weight excluding hydrogens is 327 g/mol. The summed E-state index contributed by atoms with van der Waals surface area (Å²) in [7, 11) is -2.71. The molecule has 0 saturated heterocycles. The fraction of sp³-hybridized carbons (Fsp3) is 0.273. The Labute approximate surface area is 123 Å². The normalized spacial score (nSPS) is 12.4. The molecule has 5 nitrogen and oxygen atoms in total. The Bertz CT molecular complexity index is 743. The average molecular weight is 337 g/mol. The number of sulfonamides is 1. The van der Waals surface area contributed by atoms with Crippen LogP contribution in [0.25, 0.3) is 0 Å². The lowest BCUT2D eigenvalue weighted by molar-refractivity contribution is -0.137. The molecule has 2 aromatic rings. The van der Waals surface area contributed by atoms with Crippen LogP contribution in [-0.2, 0) is 16.2 Å². The second kappa shape index (κ2) is 5.26. The van der Waals surface area contributed by atoms with Gasteiger partial charge >= 0.3 is 6.18 Å². The van der Waals surface area contributed by atoms with E-state index in [0.717, 1.165) is 33.8 Å². The fourth-order valence-electron chi connectivity index (χ4n) is 1.67. The summed E-state index contributed by atoms with van der Waals surface area (Å²) in [6.45, 7) is 1.32. The van der Waals surface area contributed by atoms with Crippen molar-refractivity contribution in [1.82, 2.24) is 10.2 Å². The van der Waals surface area contributed by atoms with Crippen LogP contribution in [-0.4, -0.2) is 25.7 Å². The minimum Gasteiger partial charge on any atom is -0.243 e. The molecule has 0 N–H and O–H groups in total. The fourth-order valence-corrected chi connectivity index (χ4v) is 3.77. The number of rotatable bonds is 3. The van der Waals surface area contributed by atoms with Crippen molar-refractivity contribution in [3.8, 4) is 0 Å². The molecule has 0 spiro atoms. The lowest BCUT2D eigenvalue weighted by atomic mass is 10.1. The van der Waals surface area contributed by atoms with Crippen LogP contribution < -0.4 is 4.31 Å². The minimum atomic E-state index is -4.52. The Morgan fingerprint density at radius 2 is 1.95 bits per heavy atom. The number of hydrogen-bond acceptors (Lipinski definition) is 5. The average Bonchev–Trinajstić information content (AvgIpc) is 2.89. The third kappa shape index (κ3) is 3.00. The third-order valence-electron chi connectivity index (χ3n) is 2.76. The van der Waals surface area contributed by atoms with Crippen LogP contribution in [0.2, 0.25) is 0 Å². The SMILES string of the molecule is Cc1cc(C(F)(F)F)ccc1S(=O)(=O)N(C)c1nncs1. The molecule has 1 aromatic heterocycles. The van der Waals surface area contributed by atoms with Crippen molar-refractivity contribution in [3.05, 3.63) is 34.8 Å². The monoisotopic (exact) mass is 337 g/mol. The molecule has 0 saturated carbocycles. The second-order valence-corrected chi connectivity index (χ2v) is 6.92. The highest BCUT2D eigenvalue weighted by Gasteiger charge is 2.32. The van der Waals surface area contributed by atoms with Gasteiger partial charge in [0.1, 0.15) is 5.51 Å². The predicted molar refractivity (Wildman–Crippen MR) is 71.7 cm³/mol. The molecule has 1 aromatic carbocycles. The van der Waals surface area contributed by atoms with Crippen LogP contribution in [0.4, 0.5) is 18.3 Å². The van der Waals surface area contributed by atoms with Crippen molar-refractivity contribution in [2.75, 3.05) is 11.4 Å². The number of alkyl halides is 3. The molecule has 21 heavy (non-hydrogen) atoms. The molecular formula is C11H10F3N3O2S2. The standard InChI is InChI=1S/C11H10F3N3O2S2/c1-7-5-8(11(12,13)14)3-4-9(7)21(18,19)17(2)10-16-15-6-20-10/h3-6H,1-2H3. The summed E-state index contributed by atoms with van der Waals surface area (Å²) in [5.41, 5.74) is 0.486. The first-order valence-electron chi connectivity index (χ1n) is 5.57. The quantitative estimate of drug-likeness (QED) is 0.864. The number of hydrogen-bond donors (Lipinski definition) is 0. The molecule has 0 atom stereocenters. The van der Waals surface area contributed by atoms with Crippen LogP contribution in [0, 0.1) is 6.92 Å². The number of benzene rings is 1. The second-order valence-electron chi connectivity index (χ2n) is 4.17. The zero-order chi connectivity index (χ0) is 15.8. The molecule has 0 unspecified atom stereocenters. The number of halogens is 3. The summed E-state index contributed by atoms with van der Waals surface area (Å²) in [5, 5.41) is 7.30. The zero-order valence-corrected chi connectivity index (χ0v) is 12.6. The maximum atomic E-state index is 12.6. The highest BCUT2D eigenvalue weighted by Crippen LogP contribution is 2.32. The van der Waals surface area contributed by atoms with E-state index in [4.69, 9.17) is 0 Å². The van der Waals surface area contributed by atoms with Gasteiger partial charge in [0.15, 0.2) is 0 Å². The smallest absolute Gasteiger partial charge is 0.243 e. The molecule has 2 rings (SSSR count). The van der Waals surface area contributed by atoms with Gasteiger partial charge in [0.25, 0.3) is 10.0 Å². The maximum absolute atomic E-state index is 12.6. The molecule has 0 radical (unpaired) electrons. The van der Waals surface area contributed by atoms with E-state index in [-0.39, 0.29) is 15.6 Å². The topological polar surface area (TPSA) is 63.2 Å². The molecule has 114 valence electrons. The van der Waals surface area contributed by atoms with Crippen molar-refractivity contribution in [2.24, 2.45) is 0 Å². The highest BCUT2D eigenvalue weighted by atomic mass is 32.2. The van der Waals surface area contributed by atoms with Crippen molar-refractivity contribution in [2.45, 2.75) is 18.0 Å². The summed E-state index contributed by atoms with van der Waals surface area (Å²) in [6, 6.07) is 2.50. The number of aryl methyl sites for hydroxylation is 1. The number of nitrogens with zero attached hydrogens (tertiary/aromatic N) is 3. The molecule has 1 heterocycles. The van der Waals surface area contributed by atoms with E-state index in [9.17, 15) is 21.6 Å². The van der Waals surface area contributed by atoms with Gasteiger partial charge in [0, 0.05) is 7.05 Å². The van der Waals surface area contributed by atoms with Crippen molar-refractivity contribution < 1.29 is 21.6 Å². The Kier molecular flexibility index (Phi) is 3.93. The first-order valence-corrected chi connectivity index (χ1v) is 7.89. The van der Waals surface area contributed by atoms with Gasteiger partial charge in [-0.25, -0.2) is 12.7 Å². The molecule has 0 aliphatic rings. The van der Waals surface area contributed by atoms with E-state index in [0.29, 0.717) is 0 Å². The van der Waals surface area contributed by atoms with Crippen LogP contribution in [0.15, 0.2) is 28.6 Å². The minimum absolute atomic E-state index is 0.0150. The largest absolute Gasteiger partial charge is 0.416 e. The van der Waals surface area contributed by atoms with Crippen molar-refractivity contribution in [3.63, 3.8) is 0 Å². The zero-order valence-electron chi connectivity index (χ0n) is 10.9.